The summed E-state index contributed by atoms with van der Waals surface area (Å²) in [5.74, 6) is -1.16. The van der Waals surface area contributed by atoms with Crippen LogP contribution in [0.3, 0.4) is 0 Å². The zero-order valence-electron chi connectivity index (χ0n) is 82.8. The summed E-state index contributed by atoms with van der Waals surface area (Å²) in [4.78, 5) is 143. The summed E-state index contributed by atoms with van der Waals surface area (Å²) in [6, 6.07) is 0. The summed E-state index contributed by atoms with van der Waals surface area (Å²) in [5.41, 5.74) is 0.531. The molecular weight excluding hydrogens is 1570 g/mol. The van der Waals surface area contributed by atoms with Gasteiger partial charge < -0.3 is 43.1 Å². The second-order valence-electron chi connectivity index (χ2n) is 45.6. The molecule has 10 fully saturated rings. The van der Waals surface area contributed by atoms with Crippen molar-refractivity contribution in [2.75, 3.05) is 210 Å². The maximum Gasteiger partial charge on any atom is 0.232 e. The highest BCUT2D eigenvalue weighted by Crippen LogP contribution is 2.50. The van der Waals surface area contributed by atoms with E-state index in [1.807, 2.05) is 0 Å². The molecule has 0 aromatic carbocycles. The van der Waals surface area contributed by atoms with Crippen LogP contribution in [0.2, 0.25) is 0 Å². The van der Waals surface area contributed by atoms with Crippen LogP contribution in [0.15, 0.2) is 0 Å². The van der Waals surface area contributed by atoms with E-state index in [4.69, 9.17) is 28.4 Å². The van der Waals surface area contributed by atoms with Gasteiger partial charge in [0.15, 0.2) is 0 Å². The van der Waals surface area contributed by atoms with Crippen molar-refractivity contribution >= 4 is 59.1 Å². The van der Waals surface area contributed by atoms with Gasteiger partial charge in [0.2, 0.25) is 59.1 Å². The topological polar surface area (TPSA) is 258 Å². The van der Waals surface area contributed by atoms with Gasteiger partial charge in [0.05, 0.1) is 112 Å². The molecule has 10 rings (SSSR count). The van der Waals surface area contributed by atoms with Gasteiger partial charge in [-0.2, -0.15) is 0 Å². The molecule has 714 valence electrons. The fraction of sp³-hybridized carbons (Fsp3) is 0.898. The number of carbonyl (C=O) groups is 10. The fourth-order valence-corrected chi connectivity index (χ4v) is 16.5. The molecule has 0 aromatic rings. The second kappa shape index (κ2) is 47.9. The Morgan fingerprint density at radius 3 is 0.573 bits per heavy atom. The molecule has 5 unspecified atom stereocenters. The van der Waals surface area contributed by atoms with Gasteiger partial charge >= 0.3 is 0 Å². The first-order valence-electron chi connectivity index (χ1n) is 47.9. The predicted octanol–water partition coefficient (Wildman–Crippen LogP) is 13.1. The number of likely N-dealkylation sites (tertiary alicyclic amines) is 8. The monoisotopic (exact) mass is 1750 g/mol. The molecule has 0 spiro atoms. The third-order valence-electron chi connectivity index (χ3n) is 30.9. The van der Waals surface area contributed by atoms with Gasteiger partial charge in [-0.25, -0.2) is 0 Å². The van der Waals surface area contributed by atoms with Gasteiger partial charge in [-0.3, -0.25) is 82.2 Å². The predicted molar refractivity (Wildman–Crippen MR) is 488 cm³/mol. The highest BCUT2D eigenvalue weighted by atomic mass is 16.5. The average molecular weight is 1750 g/mol. The van der Waals surface area contributed by atoms with E-state index in [2.05, 4.69) is 198 Å². The zero-order chi connectivity index (χ0) is 92.6. The number of nitrogens with zero attached hydrogens (tertiary/aromatic N) is 10. The quantitative estimate of drug-likeness (QED) is 0.0314. The van der Waals surface area contributed by atoms with Crippen molar-refractivity contribution in [3.8, 4) is 0 Å². The molecule has 10 aliphatic rings. The van der Waals surface area contributed by atoms with Crippen LogP contribution in [0.25, 0.3) is 0 Å². The van der Waals surface area contributed by atoms with Crippen LogP contribution in [0.5, 0.6) is 0 Å². The molecule has 0 aliphatic carbocycles. The first-order valence-corrected chi connectivity index (χ1v) is 47.9. The molecule has 26 heteroatoms. The van der Waals surface area contributed by atoms with Crippen LogP contribution < -0.4 is 0 Å². The Hall–Kier alpha value is -4.74. The lowest BCUT2D eigenvalue weighted by Crippen LogP contribution is -2.40. The molecule has 0 saturated carbocycles. The Labute approximate surface area is 750 Å². The first-order chi connectivity index (χ1) is 57.6. The Kier molecular flexibility index (Phi) is 41.7. The van der Waals surface area contributed by atoms with E-state index in [1.54, 1.807) is 0 Å². The lowest BCUT2D eigenvalue weighted by atomic mass is 9.65. The Balaban J connectivity index is 0.000000240. The zero-order valence-corrected chi connectivity index (χ0v) is 82.8. The third kappa shape index (κ3) is 33.6. The van der Waals surface area contributed by atoms with Crippen molar-refractivity contribution in [3.63, 3.8) is 0 Å². The SMILES string of the molecule is CC(C)(C)C(C)(C)CC1CC(=O)N(CCOCCN2CC2)C1=O.CC(C)(C)C(C)(C)CC1CC(=O)N(CCOCCN2CCC2)C1=O.CC(C)(C)C(C)(C)CC1CC(=O)N(CCOCCN2CCCC2)C1=O.CC(C)(C)C(C)(C)CC1CC(=O)N(CCOCCN2CCCCC2)C1=O.CC(C)(C)C(C)(C)CC1CC(=O)N(CCOCCN2CCOCC2)C1=O. The third-order valence-corrected chi connectivity index (χ3v) is 30.9. The number of morpholine rings is 1. The molecule has 0 N–H and O–H groups in total. The maximum atomic E-state index is 12.7. The number of hydrogen-bond acceptors (Lipinski definition) is 21. The number of amides is 10. The summed E-state index contributed by atoms with van der Waals surface area (Å²) >= 11 is 0. The maximum absolute atomic E-state index is 12.7. The normalized spacial score (nSPS) is 23.1. The summed E-state index contributed by atoms with van der Waals surface area (Å²) in [6.07, 6.45) is 13.3. The van der Waals surface area contributed by atoms with Crippen molar-refractivity contribution in [2.45, 2.75) is 276 Å². The van der Waals surface area contributed by atoms with E-state index in [9.17, 15) is 47.9 Å². The van der Waals surface area contributed by atoms with Crippen molar-refractivity contribution in [1.29, 1.82) is 0 Å². The highest BCUT2D eigenvalue weighted by molar-refractivity contribution is 6.06. The Morgan fingerprint density at radius 2 is 0.395 bits per heavy atom. The van der Waals surface area contributed by atoms with Crippen LogP contribution in [0, 0.1) is 83.7 Å². The molecule has 10 amide bonds. The number of carbonyl (C=O) groups excluding carboxylic acids is 10. The minimum Gasteiger partial charge on any atom is -0.379 e. The van der Waals surface area contributed by atoms with E-state index in [0.717, 1.165) is 143 Å². The van der Waals surface area contributed by atoms with E-state index in [1.165, 1.54) is 63.0 Å². The molecular formula is C98H176N10O16. The molecule has 124 heavy (non-hydrogen) atoms. The Bertz CT molecular complexity index is 3300. The van der Waals surface area contributed by atoms with Crippen LogP contribution in [0.4, 0.5) is 0 Å². The number of imide groups is 5. The standard InChI is InChI=1S/C21H38N2O3.C20H36N2O4.C20H36N2O3.C19H34N2O3.C18H32N2O3/c1-20(2,3)21(4,5)16-17-15-18(24)23(19(17)25)12-14-26-13-11-22-9-7-6-8-10-22;1-19(2,3)20(4,5)15-16-14-17(23)22(18(16)24)9-13-26-12-8-21-6-10-25-11-7-21;1-19(2,3)20(4,5)15-16-14-17(23)22(18(16)24)11-13-25-12-10-21-8-6-7-9-21;1-18(2,3)19(4,5)14-15-13-16(22)21(17(15)23)10-12-24-11-9-20-7-6-8-20;1-17(2,3)18(4,5)13-14-12-15(21)20(16(14)22)9-11-23-10-8-19-6-7-19/h17H,6-16H2,1-5H3;16H,6-15H2,1-5H3;16H,6-15H2,1-5H3;15H,6-14H2,1-5H3;14H,6-13H2,1-5H3. The Morgan fingerprint density at radius 1 is 0.226 bits per heavy atom. The van der Waals surface area contributed by atoms with Crippen LogP contribution >= 0.6 is 0 Å². The lowest BCUT2D eigenvalue weighted by Gasteiger charge is -2.40. The van der Waals surface area contributed by atoms with Gasteiger partial charge in [-0.15, -0.1) is 0 Å². The van der Waals surface area contributed by atoms with Gasteiger partial charge in [-0.1, -0.05) is 180 Å². The molecule has 10 saturated heterocycles. The molecule has 5 atom stereocenters. The second-order valence-corrected chi connectivity index (χ2v) is 45.6. The minimum atomic E-state index is -0.190. The summed E-state index contributed by atoms with van der Waals surface area (Å²) < 4.78 is 33.5. The smallest absolute Gasteiger partial charge is 0.232 e. The first kappa shape index (κ1) is 108. The number of ether oxygens (including phenoxy) is 6. The van der Waals surface area contributed by atoms with E-state index in [0.29, 0.717) is 131 Å². The van der Waals surface area contributed by atoms with Gasteiger partial charge in [-0.05, 0) is 158 Å². The summed E-state index contributed by atoms with van der Waals surface area (Å²) in [7, 11) is 0. The van der Waals surface area contributed by atoms with Crippen LogP contribution in [-0.2, 0) is 76.4 Å². The molecule has 10 heterocycles. The molecule has 0 radical (unpaired) electrons. The fourth-order valence-electron chi connectivity index (χ4n) is 16.5. The molecule has 26 nitrogen and oxygen atoms in total. The summed E-state index contributed by atoms with van der Waals surface area (Å²) in [6.45, 7) is 79.6. The van der Waals surface area contributed by atoms with E-state index in [-0.39, 0.29) is 143 Å². The molecule has 0 aromatic heterocycles. The van der Waals surface area contributed by atoms with Gasteiger partial charge in [0.25, 0.3) is 0 Å². The van der Waals surface area contributed by atoms with Crippen molar-refractivity contribution in [1.82, 2.24) is 49.0 Å². The largest absolute Gasteiger partial charge is 0.379 e. The van der Waals surface area contributed by atoms with Crippen LogP contribution in [-0.4, -0.2) is 318 Å². The average Bonchev–Trinajstić information content (AvgIpc) is 1.69. The molecule has 10 aliphatic heterocycles. The minimum absolute atomic E-state index is 0.00171. The van der Waals surface area contributed by atoms with E-state index < -0.39 is 0 Å². The number of hydrogen-bond donors (Lipinski definition) is 0. The van der Waals surface area contributed by atoms with Crippen LogP contribution in [0.1, 0.15) is 276 Å². The number of rotatable bonds is 40. The van der Waals surface area contributed by atoms with Gasteiger partial charge in [0.1, 0.15) is 0 Å². The highest BCUT2D eigenvalue weighted by Gasteiger charge is 2.50. The van der Waals surface area contributed by atoms with E-state index >= 15 is 0 Å². The summed E-state index contributed by atoms with van der Waals surface area (Å²) in [5, 5.41) is 0. The number of piperidine rings is 1. The molecule has 0 bridgehead atoms. The van der Waals surface area contributed by atoms with Crippen molar-refractivity contribution < 1.29 is 76.4 Å². The lowest BCUT2D eigenvalue weighted by molar-refractivity contribution is -0.142. The van der Waals surface area contributed by atoms with Gasteiger partial charge in [0, 0.05) is 121 Å². The van der Waals surface area contributed by atoms with Crippen molar-refractivity contribution in [2.24, 2.45) is 83.7 Å². The van der Waals surface area contributed by atoms with Crippen molar-refractivity contribution in [3.05, 3.63) is 0 Å².